The van der Waals surface area contributed by atoms with Crippen LogP contribution in [-0.2, 0) is 27.2 Å². The zero-order valence-electron chi connectivity index (χ0n) is 15.8. The molecule has 0 fully saturated rings. The number of nitrogens with zero attached hydrogens (tertiary/aromatic N) is 2. The summed E-state index contributed by atoms with van der Waals surface area (Å²) in [6.45, 7) is 1.73. The van der Waals surface area contributed by atoms with Crippen LogP contribution >= 0.6 is 0 Å². The third kappa shape index (κ3) is 5.30. The van der Waals surface area contributed by atoms with E-state index in [9.17, 15) is 9.59 Å². The molecule has 1 aromatic heterocycles. The molecule has 6 heteroatoms. The first-order valence-electron chi connectivity index (χ1n) is 9.28. The van der Waals surface area contributed by atoms with Gasteiger partial charge in [-0.05, 0) is 42.2 Å². The molecule has 0 aliphatic heterocycles. The number of hydrogen-bond acceptors (Lipinski definition) is 4. The lowest BCUT2D eigenvalue weighted by Gasteiger charge is -2.10. The van der Waals surface area contributed by atoms with Gasteiger partial charge >= 0.3 is 5.97 Å². The first-order valence-corrected chi connectivity index (χ1v) is 9.28. The Morgan fingerprint density at radius 2 is 1.82 bits per heavy atom. The van der Waals surface area contributed by atoms with E-state index < -0.39 is 5.97 Å². The van der Waals surface area contributed by atoms with E-state index in [1.54, 1.807) is 10.9 Å². The van der Waals surface area contributed by atoms with Gasteiger partial charge in [-0.1, -0.05) is 43.3 Å². The number of aromatic nitrogens is 2. The lowest BCUT2D eigenvalue weighted by molar-refractivity contribution is -0.147. The van der Waals surface area contributed by atoms with Crippen LogP contribution in [0.1, 0.15) is 24.5 Å². The molecule has 0 spiro atoms. The molecule has 0 saturated carbocycles. The smallest absolute Gasteiger partial charge is 0.306 e. The number of aryl methyl sites for hydroxylation is 2. The lowest BCUT2D eigenvalue weighted by Crippen LogP contribution is -2.21. The van der Waals surface area contributed by atoms with Crippen molar-refractivity contribution in [2.75, 3.05) is 11.9 Å². The number of esters is 1. The quantitative estimate of drug-likeness (QED) is 0.609. The van der Waals surface area contributed by atoms with Crippen LogP contribution in [0, 0.1) is 0 Å². The van der Waals surface area contributed by atoms with E-state index in [0.717, 1.165) is 28.9 Å². The lowest BCUT2D eigenvalue weighted by atomic mass is 10.1. The van der Waals surface area contributed by atoms with Gasteiger partial charge in [-0.15, -0.1) is 0 Å². The second-order valence-corrected chi connectivity index (χ2v) is 6.35. The monoisotopic (exact) mass is 377 g/mol. The van der Waals surface area contributed by atoms with Crippen molar-refractivity contribution < 1.29 is 14.3 Å². The fraction of sp³-hybridized carbons (Fsp3) is 0.227. The standard InChI is InChI=1S/C22H23N3O3/c1-2-18-8-6-7-11-20(18)24-21(26)16-28-22(27)13-12-17-14-23-25(15-17)19-9-4-3-5-10-19/h3-11,14-15H,2,12-13,16H2,1H3,(H,24,26). The summed E-state index contributed by atoms with van der Waals surface area (Å²) < 4.78 is 6.85. The fourth-order valence-electron chi connectivity index (χ4n) is 2.81. The third-order valence-electron chi connectivity index (χ3n) is 4.31. The highest BCUT2D eigenvalue weighted by Gasteiger charge is 2.10. The Morgan fingerprint density at radius 3 is 2.61 bits per heavy atom. The molecule has 0 atom stereocenters. The number of amides is 1. The van der Waals surface area contributed by atoms with Crippen LogP contribution in [0.3, 0.4) is 0 Å². The molecule has 0 bridgehead atoms. The zero-order chi connectivity index (χ0) is 19.8. The van der Waals surface area contributed by atoms with E-state index in [4.69, 9.17) is 4.74 Å². The molecule has 0 unspecified atom stereocenters. The van der Waals surface area contributed by atoms with E-state index in [-0.39, 0.29) is 18.9 Å². The summed E-state index contributed by atoms with van der Waals surface area (Å²) in [5.41, 5.74) is 3.68. The van der Waals surface area contributed by atoms with Gasteiger partial charge in [0.15, 0.2) is 6.61 Å². The number of anilines is 1. The Labute approximate surface area is 164 Å². The molecule has 3 rings (SSSR count). The van der Waals surface area contributed by atoms with Crippen LogP contribution in [0.5, 0.6) is 0 Å². The average Bonchev–Trinajstić information content (AvgIpc) is 3.21. The molecule has 0 aliphatic rings. The number of carbonyl (C=O) groups excluding carboxylic acids is 2. The number of para-hydroxylation sites is 2. The summed E-state index contributed by atoms with van der Waals surface area (Å²) in [7, 11) is 0. The molecule has 1 amide bonds. The van der Waals surface area contributed by atoms with Crippen LogP contribution in [-0.4, -0.2) is 28.3 Å². The van der Waals surface area contributed by atoms with Crippen molar-refractivity contribution in [1.82, 2.24) is 9.78 Å². The largest absolute Gasteiger partial charge is 0.456 e. The molecule has 0 radical (unpaired) electrons. The van der Waals surface area contributed by atoms with Crippen molar-refractivity contribution in [2.45, 2.75) is 26.2 Å². The van der Waals surface area contributed by atoms with Crippen LogP contribution in [0.15, 0.2) is 67.0 Å². The zero-order valence-corrected chi connectivity index (χ0v) is 15.8. The highest BCUT2D eigenvalue weighted by Crippen LogP contribution is 2.15. The minimum absolute atomic E-state index is 0.194. The minimum atomic E-state index is -0.411. The van der Waals surface area contributed by atoms with Gasteiger partial charge < -0.3 is 10.1 Å². The summed E-state index contributed by atoms with van der Waals surface area (Å²) in [5.74, 6) is -0.752. The van der Waals surface area contributed by atoms with E-state index in [1.807, 2.05) is 67.7 Å². The van der Waals surface area contributed by atoms with Gasteiger partial charge in [0.05, 0.1) is 11.9 Å². The Kier molecular flexibility index (Phi) is 6.57. The molecular formula is C22H23N3O3. The molecule has 2 aromatic carbocycles. The molecule has 0 saturated heterocycles. The fourth-order valence-corrected chi connectivity index (χ4v) is 2.81. The predicted molar refractivity (Wildman–Crippen MR) is 107 cm³/mol. The number of benzene rings is 2. The van der Waals surface area contributed by atoms with Crippen molar-refractivity contribution in [3.63, 3.8) is 0 Å². The first kappa shape index (κ1) is 19.4. The number of hydrogen-bond donors (Lipinski definition) is 1. The molecular weight excluding hydrogens is 354 g/mol. The topological polar surface area (TPSA) is 73.2 Å². The van der Waals surface area contributed by atoms with Crippen molar-refractivity contribution in [2.24, 2.45) is 0 Å². The van der Waals surface area contributed by atoms with Crippen molar-refractivity contribution >= 4 is 17.6 Å². The van der Waals surface area contributed by atoms with Crippen molar-refractivity contribution in [3.05, 3.63) is 78.1 Å². The second kappa shape index (κ2) is 9.50. The summed E-state index contributed by atoms with van der Waals surface area (Å²) in [4.78, 5) is 24.0. The molecule has 3 aromatic rings. The van der Waals surface area contributed by atoms with E-state index in [0.29, 0.717) is 6.42 Å². The molecule has 28 heavy (non-hydrogen) atoms. The Morgan fingerprint density at radius 1 is 1.07 bits per heavy atom. The molecule has 144 valence electrons. The Hall–Kier alpha value is -3.41. The van der Waals surface area contributed by atoms with Crippen LogP contribution in [0.2, 0.25) is 0 Å². The number of rotatable bonds is 8. The van der Waals surface area contributed by atoms with Crippen LogP contribution < -0.4 is 5.32 Å². The third-order valence-corrected chi connectivity index (χ3v) is 4.31. The van der Waals surface area contributed by atoms with E-state index in [1.165, 1.54) is 0 Å². The molecule has 1 N–H and O–H groups in total. The van der Waals surface area contributed by atoms with Gasteiger partial charge in [0.25, 0.3) is 5.91 Å². The first-order chi connectivity index (χ1) is 13.7. The molecule has 1 heterocycles. The number of ether oxygens (including phenoxy) is 1. The highest BCUT2D eigenvalue weighted by atomic mass is 16.5. The van der Waals surface area contributed by atoms with Gasteiger partial charge in [0.2, 0.25) is 0 Å². The van der Waals surface area contributed by atoms with Gasteiger partial charge in [0, 0.05) is 18.3 Å². The van der Waals surface area contributed by atoms with E-state index >= 15 is 0 Å². The van der Waals surface area contributed by atoms with E-state index in [2.05, 4.69) is 10.4 Å². The van der Waals surface area contributed by atoms with Gasteiger partial charge in [-0.2, -0.15) is 5.10 Å². The number of nitrogens with one attached hydrogen (secondary N) is 1. The second-order valence-electron chi connectivity index (χ2n) is 6.35. The summed E-state index contributed by atoms with van der Waals surface area (Å²) in [5, 5.41) is 7.08. The van der Waals surface area contributed by atoms with Crippen LogP contribution in [0.4, 0.5) is 5.69 Å². The van der Waals surface area contributed by atoms with Crippen LogP contribution in [0.25, 0.3) is 5.69 Å². The maximum Gasteiger partial charge on any atom is 0.306 e. The normalized spacial score (nSPS) is 10.5. The summed E-state index contributed by atoms with van der Waals surface area (Å²) in [6.07, 6.45) is 5.13. The Bertz CT molecular complexity index is 935. The SMILES string of the molecule is CCc1ccccc1NC(=O)COC(=O)CCc1cnn(-c2ccccc2)c1. The molecule has 0 aliphatic carbocycles. The van der Waals surface area contributed by atoms with Crippen molar-refractivity contribution in [3.8, 4) is 5.69 Å². The predicted octanol–water partition coefficient (Wildman–Crippen LogP) is 3.55. The van der Waals surface area contributed by atoms with Crippen molar-refractivity contribution in [1.29, 1.82) is 0 Å². The van der Waals surface area contributed by atoms with Gasteiger partial charge in [0.1, 0.15) is 0 Å². The van der Waals surface area contributed by atoms with Gasteiger partial charge in [-0.3, -0.25) is 9.59 Å². The summed E-state index contributed by atoms with van der Waals surface area (Å²) >= 11 is 0. The number of carbonyl (C=O) groups is 2. The minimum Gasteiger partial charge on any atom is -0.456 e. The average molecular weight is 377 g/mol. The highest BCUT2D eigenvalue weighted by molar-refractivity contribution is 5.93. The summed E-state index contributed by atoms with van der Waals surface area (Å²) in [6, 6.07) is 17.3. The maximum absolute atomic E-state index is 12.0. The molecule has 6 nitrogen and oxygen atoms in total. The Balaban J connectivity index is 1.43. The maximum atomic E-state index is 12.0. The van der Waals surface area contributed by atoms with Gasteiger partial charge in [-0.25, -0.2) is 4.68 Å².